The van der Waals surface area contributed by atoms with Gasteiger partial charge in [-0.3, -0.25) is 14.5 Å². The third kappa shape index (κ3) is 9.18. The van der Waals surface area contributed by atoms with Gasteiger partial charge in [0.15, 0.2) is 11.5 Å². The number of nitrogens with zero attached hydrogens (tertiary/aromatic N) is 3. The summed E-state index contributed by atoms with van der Waals surface area (Å²) in [6.45, 7) is 11.1. The minimum Gasteiger partial charge on any atom is -0.544 e. The zero-order valence-electron chi connectivity index (χ0n) is 36.4. The summed E-state index contributed by atoms with van der Waals surface area (Å²) >= 11 is 0. The van der Waals surface area contributed by atoms with Crippen molar-refractivity contribution in [1.29, 1.82) is 0 Å². The molecule has 0 spiro atoms. The second-order valence-electron chi connectivity index (χ2n) is 17.8. The van der Waals surface area contributed by atoms with E-state index in [9.17, 15) is 13.6 Å². The van der Waals surface area contributed by atoms with Crippen molar-refractivity contribution in [1.82, 2.24) is 14.8 Å². The number of nitrogens with one attached hydrogen (secondary N) is 1. The molecule has 4 aromatic carbocycles. The molecule has 3 aliphatic rings. The van der Waals surface area contributed by atoms with Crippen LogP contribution in [0.15, 0.2) is 97.1 Å². The molecule has 3 amide bonds. The molecular weight excluding hydrogens is 823 g/mol. The van der Waals surface area contributed by atoms with E-state index in [0.29, 0.717) is 71.2 Å². The minimum absolute atomic E-state index is 0.00114. The number of hydrogen-bond acceptors (Lipinski definition) is 7. The Labute approximate surface area is 368 Å². The molecular formula is C49H54F2N4O7Si. The molecule has 0 fully saturated rings. The second kappa shape index (κ2) is 17.9. The minimum atomic E-state index is -2.70. The summed E-state index contributed by atoms with van der Waals surface area (Å²) < 4.78 is 51.2. The van der Waals surface area contributed by atoms with Crippen LogP contribution in [-0.2, 0) is 30.7 Å². The fourth-order valence-electron chi connectivity index (χ4n) is 8.34. The van der Waals surface area contributed by atoms with Crippen LogP contribution in [0.4, 0.5) is 25.0 Å². The third-order valence-corrected chi connectivity index (χ3v) is 17.1. The summed E-state index contributed by atoms with van der Waals surface area (Å²) in [6, 6.07) is 30.3. The lowest BCUT2D eigenvalue weighted by atomic mass is 9.91. The zero-order valence-corrected chi connectivity index (χ0v) is 37.4. The van der Waals surface area contributed by atoms with Crippen molar-refractivity contribution < 1.29 is 41.8 Å². The molecule has 1 atom stereocenters. The summed E-state index contributed by atoms with van der Waals surface area (Å²) in [7, 11) is -2.11. The van der Waals surface area contributed by atoms with Crippen LogP contribution in [0.5, 0.6) is 17.2 Å². The number of rotatable bonds is 12. The Kier molecular flexibility index (Phi) is 12.4. The average molecular weight is 877 g/mol. The van der Waals surface area contributed by atoms with Gasteiger partial charge < -0.3 is 33.4 Å². The molecule has 0 bridgehead atoms. The number of amides is 3. The van der Waals surface area contributed by atoms with Crippen molar-refractivity contribution in [2.24, 2.45) is 0 Å². The maximum Gasteiger partial charge on any atom is 0.407 e. The molecule has 4 heterocycles. The van der Waals surface area contributed by atoms with Gasteiger partial charge in [0.2, 0.25) is 15.1 Å². The van der Waals surface area contributed by atoms with E-state index in [1.54, 1.807) is 15.9 Å². The van der Waals surface area contributed by atoms with Crippen molar-refractivity contribution in [2.75, 3.05) is 24.8 Å². The van der Waals surface area contributed by atoms with Crippen LogP contribution >= 0.6 is 0 Å². The Balaban J connectivity index is 1.17. The number of anilines is 2. The van der Waals surface area contributed by atoms with Gasteiger partial charge in [-0.25, -0.2) is 13.6 Å². The highest BCUT2D eigenvalue weighted by molar-refractivity contribution is 6.74. The quantitative estimate of drug-likeness (QED) is 0.124. The summed E-state index contributed by atoms with van der Waals surface area (Å²) in [5.41, 5.74) is 6.60. The van der Waals surface area contributed by atoms with Gasteiger partial charge in [-0.05, 0) is 110 Å². The number of halogens is 2. The van der Waals surface area contributed by atoms with Crippen LogP contribution in [0.1, 0.15) is 77.6 Å². The van der Waals surface area contributed by atoms with Crippen LogP contribution in [-0.4, -0.2) is 68.1 Å². The Bertz CT molecular complexity index is 2490. The first-order valence-electron chi connectivity index (χ1n) is 21.6. The normalized spacial score (nSPS) is 15.7. The van der Waals surface area contributed by atoms with E-state index < -0.39 is 27.4 Å². The molecule has 0 unspecified atom stereocenters. The number of carbonyl (C=O) groups is 3. The monoisotopic (exact) mass is 876 g/mol. The van der Waals surface area contributed by atoms with Crippen molar-refractivity contribution in [2.45, 2.75) is 96.6 Å². The maximum absolute atomic E-state index is 15.2. The summed E-state index contributed by atoms with van der Waals surface area (Å²) in [4.78, 5) is 46.1. The lowest BCUT2D eigenvalue weighted by Crippen LogP contribution is -2.45. The van der Waals surface area contributed by atoms with Crippen molar-refractivity contribution in [3.05, 3.63) is 125 Å². The highest BCUT2D eigenvalue weighted by atomic mass is 28.4. The average Bonchev–Trinajstić information content (AvgIpc) is 3.90. The molecule has 14 heteroatoms. The number of alkyl carbamates (subject to hydrolysis) is 1. The lowest BCUT2D eigenvalue weighted by molar-refractivity contribution is 0.0590. The van der Waals surface area contributed by atoms with E-state index in [0.717, 1.165) is 35.4 Å². The van der Waals surface area contributed by atoms with Crippen molar-refractivity contribution >= 4 is 37.6 Å². The number of ether oxygens (including phenoxy) is 3. The van der Waals surface area contributed by atoms with E-state index in [4.69, 9.17) is 18.6 Å². The molecule has 0 saturated carbocycles. The molecule has 11 nitrogen and oxygen atoms in total. The smallest absolute Gasteiger partial charge is 0.407 e. The first-order valence-corrected chi connectivity index (χ1v) is 24.5. The first kappa shape index (κ1) is 43.5. The number of alkyl halides is 2. The van der Waals surface area contributed by atoms with Gasteiger partial charge in [0, 0.05) is 53.9 Å². The van der Waals surface area contributed by atoms with Gasteiger partial charge in [0.05, 0.1) is 24.3 Å². The van der Waals surface area contributed by atoms with Crippen LogP contribution in [0.3, 0.4) is 0 Å². The molecule has 63 heavy (non-hydrogen) atoms. The number of carbonyl (C=O) groups excluding carboxylic acids is 3. The highest BCUT2D eigenvalue weighted by Crippen LogP contribution is 2.43. The van der Waals surface area contributed by atoms with Crippen LogP contribution in [0.2, 0.25) is 18.1 Å². The van der Waals surface area contributed by atoms with Gasteiger partial charge in [0.1, 0.15) is 5.75 Å². The number of hydrogen-bond donors (Lipinski definition) is 1. The fourth-order valence-corrected chi connectivity index (χ4v) is 9.38. The Morgan fingerprint density at radius 3 is 2.27 bits per heavy atom. The molecule has 0 aliphatic carbocycles. The van der Waals surface area contributed by atoms with E-state index in [-0.39, 0.29) is 42.7 Å². The predicted octanol–water partition coefficient (Wildman–Crippen LogP) is 10.5. The molecule has 1 N–H and O–H groups in total. The fraction of sp³-hybridized carbons (Fsp3) is 0.367. The van der Waals surface area contributed by atoms with Crippen LogP contribution in [0.25, 0.3) is 11.3 Å². The largest absolute Gasteiger partial charge is 0.544 e. The first-order chi connectivity index (χ1) is 30.2. The van der Waals surface area contributed by atoms with E-state index >= 15 is 9.59 Å². The van der Waals surface area contributed by atoms with Gasteiger partial charge in [-0.1, -0.05) is 63.2 Å². The Morgan fingerprint density at radius 1 is 0.873 bits per heavy atom. The van der Waals surface area contributed by atoms with Crippen LogP contribution < -0.4 is 24.1 Å². The maximum atomic E-state index is 15.2. The molecule has 3 aliphatic heterocycles. The zero-order chi connectivity index (χ0) is 44.5. The Hall–Kier alpha value is -6.15. The number of benzene rings is 4. The SMILES string of the molecule is CC(C)(C)[Si](C)(C)Oc1ccc(N(C(=O)c2cc(-c3cc4c(cc3C(=O)N3Cc5ccccc5C[C@H]3CCOC(=O)NCC(F)F)OCO4)n3c2CCCC3)c2ccccc2)cc1. The van der Waals surface area contributed by atoms with Crippen molar-refractivity contribution in [3.63, 3.8) is 0 Å². The molecule has 8 rings (SSSR count). The molecule has 0 radical (unpaired) electrons. The van der Waals surface area contributed by atoms with E-state index in [2.05, 4.69) is 43.7 Å². The van der Waals surface area contributed by atoms with Gasteiger partial charge in [-0.2, -0.15) is 0 Å². The molecule has 5 aromatic rings. The number of para-hydroxylation sites is 1. The summed E-state index contributed by atoms with van der Waals surface area (Å²) in [5, 5.41) is 2.09. The van der Waals surface area contributed by atoms with Gasteiger partial charge >= 0.3 is 6.09 Å². The Morgan fingerprint density at radius 2 is 1.56 bits per heavy atom. The topological polar surface area (TPSA) is 112 Å². The van der Waals surface area contributed by atoms with Gasteiger partial charge in [0.25, 0.3) is 18.2 Å². The highest BCUT2D eigenvalue weighted by Gasteiger charge is 2.39. The second-order valence-corrected chi connectivity index (χ2v) is 22.6. The van der Waals surface area contributed by atoms with E-state index in [1.807, 2.05) is 91.0 Å². The molecule has 330 valence electrons. The number of aromatic nitrogens is 1. The van der Waals surface area contributed by atoms with E-state index in [1.165, 1.54) is 0 Å². The summed E-state index contributed by atoms with van der Waals surface area (Å²) in [6.07, 6.45) is -0.397. The predicted molar refractivity (Wildman–Crippen MR) is 240 cm³/mol. The van der Waals surface area contributed by atoms with Crippen molar-refractivity contribution in [3.8, 4) is 28.5 Å². The van der Waals surface area contributed by atoms with Crippen LogP contribution in [0, 0.1) is 0 Å². The lowest BCUT2D eigenvalue weighted by Gasteiger charge is -2.37. The molecule has 1 aromatic heterocycles. The standard InChI is InChI=1S/C49H54F2N4O7Si/c1-49(2,3)63(4,5)62-37-20-18-35(19-21-37)55(34-15-7-6-8-16-34)47(57)40-26-42(53-23-12-11-17-41(40)53)38-27-43-44(61-31-60-43)28-39(38)46(56)54-30-33-14-10-9-13-32(33)25-36(54)22-24-59-48(58)52-29-45(50)51/h6-10,13-16,18-21,26-28,36,45H,11-12,17,22-25,29-31H2,1-5H3,(H,52,58)/t36-/m1/s1. The number of fused-ring (bicyclic) bond motifs is 3. The third-order valence-electron chi connectivity index (χ3n) is 12.7. The summed E-state index contributed by atoms with van der Waals surface area (Å²) in [5.74, 6) is 1.23. The molecule has 0 saturated heterocycles. The van der Waals surface area contributed by atoms with Gasteiger partial charge in [-0.15, -0.1) is 0 Å².